The maximum atomic E-state index is 14.2. The van der Waals surface area contributed by atoms with E-state index >= 15 is 0 Å². The maximum absolute atomic E-state index is 14.2. The molecule has 1 aliphatic heterocycles. The Balaban J connectivity index is 1.64. The van der Waals surface area contributed by atoms with Gasteiger partial charge in [0.15, 0.2) is 0 Å². The molecule has 1 aliphatic rings. The smallest absolute Gasteiger partial charge is 0.262 e. The number of benzene rings is 3. The number of nitrogens with one attached hydrogen (secondary N) is 1. The highest BCUT2D eigenvalue weighted by molar-refractivity contribution is 7.92. The molecule has 2 N–H and O–H groups in total. The van der Waals surface area contributed by atoms with Gasteiger partial charge in [-0.1, -0.05) is 102 Å². The molecule has 0 aliphatic carbocycles. The van der Waals surface area contributed by atoms with E-state index in [1.54, 1.807) is 24.1 Å². The highest BCUT2D eigenvalue weighted by atomic mass is 32.2. The number of hydrogen-bond acceptors (Lipinski definition) is 5. The molecule has 44 heavy (non-hydrogen) atoms. The SMILES string of the molecule is CC(C)c1cc(C(C)C)c(S(=O)(=O)Nc2ccccc2CC(=O)N(C)[C@H](CN2CC[C@H](O)C2)c2ccccc2)c(C(C)C)c1. The van der Waals surface area contributed by atoms with E-state index in [4.69, 9.17) is 0 Å². The summed E-state index contributed by atoms with van der Waals surface area (Å²) >= 11 is 0. The van der Waals surface area contributed by atoms with Crippen LogP contribution in [0, 0.1) is 0 Å². The third kappa shape index (κ3) is 7.89. The van der Waals surface area contributed by atoms with Gasteiger partial charge in [0.2, 0.25) is 5.91 Å². The zero-order valence-corrected chi connectivity index (χ0v) is 28.1. The zero-order valence-electron chi connectivity index (χ0n) is 27.2. The normalized spacial score (nSPS) is 16.6. The number of likely N-dealkylation sites (N-methyl/N-ethyl adjacent to an activating group) is 1. The first kappa shape index (κ1) is 33.7. The number of β-amino-alcohol motifs (C(OH)–C–C–N with tert-alkyl or cyclic N) is 1. The molecular formula is C36H49N3O4S. The second kappa shape index (κ2) is 14.3. The van der Waals surface area contributed by atoms with E-state index in [1.807, 2.05) is 82.3 Å². The summed E-state index contributed by atoms with van der Waals surface area (Å²) < 4.78 is 31.2. The molecule has 238 valence electrons. The molecule has 0 unspecified atom stereocenters. The summed E-state index contributed by atoms with van der Waals surface area (Å²) in [5, 5.41) is 10.1. The van der Waals surface area contributed by atoms with E-state index in [0.29, 0.717) is 29.2 Å². The number of carbonyl (C=O) groups excluding carboxylic acids is 1. The van der Waals surface area contributed by atoms with Crippen molar-refractivity contribution in [2.45, 2.75) is 89.2 Å². The van der Waals surface area contributed by atoms with E-state index in [-0.39, 0.29) is 42.2 Å². The highest BCUT2D eigenvalue weighted by Crippen LogP contribution is 2.36. The van der Waals surface area contributed by atoms with Crippen molar-refractivity contribution in [2.75, 3.05) is 31.4 Å². The first-order valence-electron chi connectivity index (χ1n) is 15.8. The van der Waals surface area contributed by atoms with Crippen LogP contribution in [0.3, 0.4) is 0 Å². The monoisotopic (exact) mass is 619 g/mol. The molecule has 2 atom stereocenters. The van der Waals surface area contributed by atoms with Gasteiger partial charge in [-0.3, -0.25) is 14.4 Å². The van der Waals surface area contributed by atoms with Crippen LogP contribution >= 0.6 is 0 Å². The molecule has 4 rings (SSSR count). The molecule has 0 spiro atoms. The van der Waals surface area contributed by atoms with Crippen molar-refractivity contribution >= 4 is 21.6 Å². The fourth-order valence-corrected chi connectivity index (χ4v) is 7.78. The number of likely N-dealkylation sites (tertiary alicyclic amines) is 1. The van der Waals surface area contributed by atoms with E-state index in [2.05, 4.69) is 23.5 Å². The quantitative estimate of drug-likeness (QED) is 0.237. The zero-order chi connectivity index (χ0) is 32.2. The number of rotatable bonds is 12. The molecule has 3 aromatic carbocycles. The minimum Gasteiger partial charge on any atom is -0.392 e. The van der Waals surface area contributed by atoms with Gasteiger partial charge < -0.3 is 10.0 Å². The number of nitrogens with zero attached hydrogens (tertiary/aromatic N) is 2. The lowest BCUT2D eigenvalue weighted by molar-refractivity contribution is -0.131. The molecule has 0 saturated carbocycles. The summed E-state index contributed by atoms with van der Waals surface area (Å²) in [5.74, 6) is 0.177. The molecule has 1 heterocycles. The van der Waals surface area contributed by atoms with E-state index < -0.39 is 10.0 Å². The van der Waals surface area contributed by atoms with Crippen molar-refractivity contribution in [1.29, 1.82) is 0 Å². The van der Waals surface area contributed by atoms with Gasteiger partial charge in [0.1, 0.15) is 0 Å². The van der Waals surface area contributed by atoms with Gasteiger partial charge in [-0.15, -0.1) is 0 Å². The fraction of sp³-hybridized carbons (Fsp3) is 0.472. The first-order chi connectivity index (χ1) is 20.8. The highest BCUT2D eigenvalue weighted by Gasteiger charge is 2.30. The molecule has 0 aromatic heterocycles. The van der Waals surface area contributed by atoms with Crippen molar-refractivity contribution in [3.05, 3.63) is 94.5 Å². The fourth-order valence-electron chi connectivity index (χ4n) is 5.98. The summed E-state index contributed by atoms with van der Waals surface area (Å²) in [7, 11) is -2.17. The number of aliphatic hydroxyl groups excluding tert-OH is 1. The minimum absolute atomic E-state index is 0.00915. The molecule has 1 amide bonds. The predicted octanol–water partition coefficient (Wildman–Crippen LogP) is 6.67. The van der Waals surface area contributed by atoms with Gasteiger partial charge >= 0.3 is 0 Å². The number of amides is 1. The summed E-state index contributed by atoms with van der Waals surface area (Å²) in [6.07, 6.45) is 0.423. The third-order valence-electron chi connectivity index (χ3n) is 8.68. The molecule has 1 fully saturated rings. The largest absolute Gasteiger partial charge is 0.392 e. The topological polar surface area (TPSA) is 90.0 Å². The van der Waals surface area contributed by atoms with Gasteiger partial charge in [-0.05, 0) is 58.1 Å². The number of para-hydroxylation sites is 1. The average Bonchev–Trinajstić information content (AvgIpc) is 3.40. The van der Waals surface area contributed by atoms with Crippen LogP contribution in [0.1, 0.15) is 99.6 Å². The van der Waals surface area contributed by atoms with Crippen LogP contribution < -0.4 is 4.72 Å². The lowest BCUT2D eigenvalue weighted by Gasteiger charge is -2.32. The number of aliphatic hydroxyl groups is 1. The van der Waals surface area contributed by atoms with Crippen LogP contribution in [-0.2, 0) is 21.2 Å². The van der Waals surface area contributed by atoms with E-state index in [1.165, 1.54) is 0 Å². The Morgan fingerprint density at radius 3 is 2.05 bits per heavy atom. The van der Waals surface area contributed by atoms with Crippen LogP contribution in [0.5, 0.6) is 0 Å². The summed E-state index contributed by atoms with van der Waals surface area (Å²) in [6.45, 7) is 14.3. The Bertz CT molecular complexity index is 1510. The second-order valence-electron chi connectivity index (χ2n) is 13.1. The summed E-state index contributed by atoms with van der Waals surface area (Å²) in [4.78, 5) is 18.1. The molecule has 8 heteroatoms. The lowest BCUT2D eigenvalue weighted by Crippen LogP contribution is -2.39. The molecular weight excluding hydrogens is 570 g/mol. The van der Waals surface area contributed by atoms with Crippen molar-refractivity contribution in [1.82, 2.24) is 9.80 Å². The Hall–Kier alpha value is -3.20. The number of hydrogen-bond donors (Lipinski definition) is 2. The number of carbonyl (C=O) groups is 1. The molecule has 1 saturated heterocycles. The van der Waals surface area contributed by atoms with Gasteiger partial charge in [-0.2, -0.15) is 0 Å². The molecule has 7 nitrogen and oxygen atoms in total. The van der Waals surface area contributed by atoms with Crippen molar-refractivity contribution in [3.63, 3.8) is 0 Å². The Morgan fingerprint density at radius 2 is 1.50 bits per heavy atom. The van der Waals surface area contributed by atoms with Crippen LogP contribution in [0.25, 0.3) is 0 Å². The van der Waals surface area contributed by atoms with Crippen molar-refractivity contribution in [3.8, 4) is 0 Å². The third-order valence-corrected chi connectivity index (χ3v) is 10.2. The maximum Gasteiger partial charge on any atom is 0.262 e. The van der Waals surface area contributed by atoms with Crippen LogP contribution in [0.15, 0.2) is 71.6 Å². The first-order valence-corrected chi connectivity index (χ1v) is 17.3. The lowest BCUT2D eigenvalue weighted by atomic mass is 9.89. The van der Waals surface area contributed by atoms with Crippen LogP contribution in [0.2, 0.25) is 0 Å². The van der Waals surface area contributed by atoms with Gasteiger partial charge in [-0.25, -0.2) is 8.42 Å². The number of anilines is 1. The molecule has 3 aromatic rings. The molecule has 0 radical (unpaired) electrons. The van der Waals surface area contributed by atoms with Crippen molar-refractivity contribution < 1.29 is 18.3 Å². The van der Waals surface area contributed by atoms with Gasteiger partial charge in [0.25, 0.3) is 10.0 Å². The van der Waals surface area contributed by atoms with E-state index in [0.717, 1.165) is 35.2 Å². The molecule has 0 bridgehead atoms. The van der Waals surface area contributed by atoms with Crippen LogP contribution in [-0.4, -0.2) is 62.0 Å². The standard InChI is InChI=1S/C36H49N3O4S/c1-24(2)29-19-31(25(3)4)36(32(20-29)26(5)6)44(42,43)37-33-16-12-11-15-28(33)21-35(41)38(7)34(27-13-9-8-10-14-27)23-39-18-17-30(40)22-39/h8-16,19-20,24-26,30,34,37,40H,17-18,21-23H2,1-7H3/t30-,34+/m0/s1. The van der Waals surface area contributed by atoms with Crippen molar-refractivity contribution in [2.24, 2.45) is 0 Å². The second-order valence-corrected chi connectivity index (χ2v) is 14.7. The average molecular weight is 620 g/mol. The van der Waals surface area contributed by atoms with Gasteiger partial charge in [0, 0.05) is 26.7 Å². The van der Waals surface area contributed by atoms with Crippen LogP contribution in [0.4, 0.5) is 5.69 Å². The Morgan fingerprint density at radius 1 is 0.909 bits per heavy atom. The predicted molar refractivity (Wildman–Crippen MR) is 179 cm³/mol. The summed E-state index contributed by atoms with van der Waals surface area (Å²) in [6, 6.07) is 20.9. The Kier molecular flexibility index (Phi) is 10.9. The minimum atomic E-state index is -3.97. The van der Waals surface area contributed by atoms with E-state index in [9.17, 15) is 18.3 Å². The Labute approximate surface area is 264 Å². The number of sulfonamides is 1. The summed E-state index contributed by atoms with van der Waals surface area (Å²) in [5.41, 5.74) is 4.78. The van der Waals surface area contributed by atoms with Gasteiger partial charge in [0.05, 0.1) is 29.1 Å².